The molecule has 0 radical (unpaired) electrons. The van der Waals surface area contributed by atoms with E-state index in [1.807, 2.05) is 0 Å². The second-order valence-electron chi connectivity index (χ2n) is 4.67. The Morgan fingerprint density at radius 1 is 1.50 bits per heavy atom. The van der Waals surface area contributed by atoms with Crippen molar-refractivity contribution in [3.8, 4) is 0 Å². The lowest BCUT2D eigenvalue weighted by Crippen LogP contribution is -2.50. The highest BCUT2D eigenvalue weighted by molar-refractivity contribution is 7.93. The molecule has 1 amide bonds. The maximum Gasteiger partial charge on any atom is 0.409 e. The largest absolute Gasteiger partial charge is 0.450 e. The molecule has 1 fully saturated rings. The summed E-state index contributed by atoms with van der Waals surface area (Å²) in [6.45, 7) is 4.46. The molecule has 3 N–H and O–H groups in total. The van der Waals surface area contributed by atoms with E-state index in [-0.39, 0.29) is 17.1 Å². The molecule has 1 unspecified atom stereocenters. The monoisotopic (exact) mass is 323 g/mol. The van der Waals surface area contributed by atoms with Crippen molar-refractivity contribution >= 4 is 33.3 Å². The van der Waals surface area contributed by atoms with Gasteiger partial charge in [-0.2, -0.15) is 0 Å². The predicted molar refractivity (Wildman–Crippen MR) is 79.9 cm³/mol. The van der Waals surface area contributed by atoms with Gasteiger partial charge in [-0.1, -0.05) is 12.2 Å². The van der Waals surface area contributed by atoms with Crippen LogP contribution in [0.25, 0.3) is 0 Å². The number of sulfonamides is 1. The van der Waals surface area contributed by atoms with Crippen LogP contribution in [0.2, 0.25) is 0 Å². The first-order valence-corrected chi connectivity index (χ1v) is 8.45. The molecule has 0 aliphatic carbocycles. The molecule has 0 aromatic carbocycles. The van der Waals surface area contributed by atoms with Crippen LogP contribution >= 0.6 is 12.2 Å². The lowest BCUT2D eigenvalue weighted by Gasteiger charge is -2.31. The molecule has 1 aliphatic heterocycles. The summed E-state index contributed by atoms with van der Waals surface area (Å²) in [7, 11) is -3.56. The molecule has 0 bridgehead atoms. The number of amides is 1. The van der Waals surface area contributed by atoms with E-state index in [1.165, 1.54) is 6.92 Å². The van der Waals surface area contributed by atoms with E-state index in [0.29, 0.717) is 32.5 Å². The third-order valence-electron chi connectivity index (χ3n) is 3.22. The molecular weight excluding hydrogens is 302 g/mol. The highest BCUT2D eigenvalue weighted by atomic mass is 32.2. The van der Waals surface area contributed by atoms with Crippen LogP contribution in [-0.2, 0) is 14.8 Å². The van der Waals surface area contributed by atoms with Crippen molar-refractivity contribution in [2.75, 3.05) is 19.7 Å². The summed E-state index contributed by atoms with van der Waals surface area (Å²) >= 11 is 4.71. The summed E-state index contributed by atoms with van der Waals surface area (Å²) in [5.74, 6) is 0. The molecule has 1 heterocycles. The Morgan fingerprint density at radius 2 is 2.05 bits per heavy atom. The van der Waals surface area contributed by atoms with Gasteiger partial charge < -0.3 is 15.4 Å². The van der Waals surface area contributed by atoms with Crippen LogP contribution < -0.4 is 10.5 Å². The number of thiocarbonyl (C=S) groups is 1. The van der Waals surface area contributed by atoms with Gasteiger partial charge in [-0.05, 0) is 26.7 Å². The Morgan fingerprint density at radius 3 is 2.50 bits per heavy atom. The fourth-order valence-electron chi connectivity index (χ4n) is 1.88. The van der Waals surface area contributed by atoms with Crippen LogP contribution in [0.1, 0.15) is 26.7 Å². The number of ether oxygens (including phenoxy) is 1. The van der Waals surface area contributed by atoms with Crippen molar-refractivity contribution in [2.24, 2.45) is 5.73 Å². The Bertz CT molecular complexity index is 458. The third kappa shape index (κ3) is 4.57. The highest BCUT2D eigenvalue weighted by Gasteiger charge is 2.30. The molecule has 9 heteroatoms. The maximum absolute atomic E-state index is 12.0. The Hall–Kier alpha value is -0.930. The number of piperidine rings is 1. The van der Waals surface area contributed by atoms with Crippen molar-refractivity contribution < 1.29 is 17.9 Å². The normalized spacial score (nSPS) is 18.6. The number of carbonyl (C=O) groups excluding carboxylic acids is 1. The van der Waals surface area contributed by atoms with E-state index in [1.54, 1.807) is 11.8 Å². The van der Waals surface area contributed by atoms with E-state index >= 15 is 0 Å². The van der Waals surface area contributed by atoms with Crippen LogP contribution in [-0.4, -0.2) is 55.4 Å². The Kier molecular flexibility index (Phi) is 6.15. The number of rotatable bonds is 5. The van der Waals surface area contributed by atoms with Gasteiger partial charge in [-0.15, -0.1) is 0 Å². The van der Waals surface area contributed by atoms with Gasteiger partial charge >= 0.3 is 6.09 Å². The number of nitrogens with two attached hydrogens (primary N) is 1. The van der Waals surface area contributed by atoms with Gasteiger partial charge in [0.1, 0.15) is 5.25 Å². The average molecular weight is 323 g/mol. The lowest BCUT2D eigenvalue weighted by atomic mass is 10.1. The van der Waals surface area contributed by atoms with Gasteiger partial charge in [0.25, 0.3) is 0 Å². The van der Waals surface area contributed by atoms with E-state index < -0.39 is 15.3 Å². The first-order chi connectivity index (χ1) is 9.27. The van der Waals surface area contributed by atoms with Crippen molar-refractivity contribution in [3.05, 3.63) is 0 Å². The van der Waals surface area contributed by atoms with Crippen LogP contribution in [0, 0.1) is 0 Å². The molecular formula is C11H21N3O4S2. The Balaban J connectivity index is 2.51. The van der Waals surface area contributed by atoms with Gasteiger partial charge in [0.2, 0.25) is 10.0 Å². The average Bonchev–Trinajstić information content (AvgIpc) is 2.38. The zero-order chi connectivity index (χ0) is 15.3. The molecule has 0 spiro atoms. The molecule has 1 rings (SSSR count). The summed E-state index contributed by atoms with van der Waals surface area (Å²) < 4.78 is 31.4. The Labute approximate surface area is 124 Å². The van der Waals surface area contributed by atoms with Gasteiger partial charge in [0, 0.05) is 19.1 Å². The standard InChI is InChI=1S/C11H21N3O4S2/c1-3-18-11(15)14-6-4-9(5-7-14)13-20(16,17)8(2)10(12)19/h8-9,13H,3-7H2,1-2H3,(H2,12,19). The van der Waals surface area contributed by atoms with Gasteiger partial charge in [0.15, 0.2) is 0 Å². The first kappa shape index (κ1) is 17.1. The summed E-state index contributed by atoms with van der Waals surface area (Å²) in [5, 5.41) is -0.902. The SMILES string of the molecule is CCOC(=O)N1CCC(NS(=O)(=O)C(C)C(N)=S)CC1. The van der Waals surface area contributed by atoms with Gasteiger partial charge in [-0.25, -0.2) is 17.9 Å². The smallest absolute Gasteiger partial charge is 0.409 e. The minimum atomic E-state index is -3.56. The quantitative estimate of drug-likeness (QED) is 0.701. The molecule has 1 aliphatic rings. The van der Waals surface area contributed by atoms with Crippen LogP contribution in [0.15, 0.2) is 0 Å². The zero-order valence-electron chi connectivity index (χ0n) is 11.7. The number of nitrogens with zero attached hydrogens (tertiary/aromatic N) is 1. The van der Waals surface area contributed by atoms with E-state index in [9.17, 15) is 13.2 Å². The minimum Gasteiger partial charge on any atom is -0.450 e. The first-order valence-electron chi connectivity index (χ1n) is 6.50. The maximum atomic E-state index is 12.0. The molecule has 116 valence electrons. The number of hydrogen-bond acceptors (Lipinski definition) is 5. The summed E-state index contributed by atoms with van der Waals surface area (Å²) in [5.41, 5.74) is 5.37. The number of likely N-dealkylation sites (tertiary alicyclic amines) is 1. The van der Waals surface area contributed by atoms with Crippen molar-refractivity contribution in [1.82, 2.24) is 9.62 Å². The number of carbonyl (C=O) groups is 1. The van der Waals surface area contributed by atoms with Gasteiger partial charge in [-0.3, -0.25) is 0 Å². The molecule has 1 atom stereocenters. The zero-order valence-corrected chi connectivity index (χ0v) is 13.3. The van der Waals surface area contributed by atoms with Crippen molar-refractivity contribution in [1.29, 1.82) is 0 Å². The fraction of sp³-hybridized carbons (Fsp3) is 0.818. The van der Waals surface area contributed by atoms with Crippen molar-refractivity contribution in [3.63, 3.8) is 0 Å². The highest BCUT2D eigenvalue weighted by Crippen LogP contribution is 2.13. The van der Waals surface area contributed by atoms with E-state index in [2.05, 4.69) is 4.72 Å². The minimum absolute atomic E-state index is 0.0542. The summed E-state index contributed by atoms with van der Waals surface area (Å²) in [6.07, 6.45) is 0.731. The topological polar surface area (TPSA) is 102 Å². The summed E-state index contributed by atoms with van der Waals surface area (Å²) in [4.78, 5) is 13.0. The molecule has 7 nitrogen and oxygen atoms in total. The molecule has 0 aromatic heterocycles. The second-order valence-corrected chi connectivity index (χ2v) is 7.17. The molecule has 1 saturated heterocycles. The van der Waals surface area contributed by atoms with Gasteiger partial charge in [0.05, 0.1) is 11.6 Å². The second kappa shape index (κ2) is 7.19. The van der Waals surface area contributed by atoms with Crippen LogP contribution in [0.5, 0.6) is 0 Å². The number of hydrogen-bond donors (Lipinski definition) is 2. The molecule has 20 heavy (non-hydrogen) atoms. The van der Waals surface area contributed by atoms with Crippen LogP contribution in [0.3, 0.4) is 0 Å². The fourth-order valence-corrected chi connectivity index (χ4v) is 3.47. The van der Waals surface area contributed by atoms with E-state index in [0.717, 1.165) is 0 Å². The van der Waals surface area contributed by atoms with E-state index in [4.69, 9.17) is 22.7 Å². The lowest BCUT2D eigenvalue weighted by molar-refractivity contribution is 0.0966. The summed E-state index contributed by atoms with van der Waals surface area (Å²) in [6, 6.07) is -0.206. The predicted octanol–water partition coefficient (Wildman–Crippen LogP) is 0.201. The van der Waals surface area contributed by atoms with Crippen LogP contribution in [0.4, 0.5) is 4.79 Å². The third-order valence-corrected chi connectivity index (χ3v) is 5.57. The van der Waals surface area contributed by atoms with Crippen molar-refractivity contribution in [2.45, 2.75) is 38.0 Å². The molecule has 0 saturated carbocycles. The number of nitrogens with one attached hydrogen (secondary N) is 1. The molecule has 0 aromatic rings.